The van der Waals surface area contributed by atoms with Crippen molar-refractivity contribution >= 4 is 40.9 Å². The monoisotopic (exact) mass is 316 g/mol. The molecular weight excluding hydrogens is 307 g/mol. The number of benzene rings is 2. The lowest BCUT2D eigenvalue weighted by Crippen LogP contribution is -2.13. The Balaban J connectivity index is 2.20. The van der Waals surface area contributed by atoms with Gasteiger partial charge in [-0.1, -0.05) is 53.5 Å². The third-order valence-corrected chi connectivity index (χ3v) is 3.39. The van der Waals surface area contributed by atoms with Crippen LogP contribution in [0.5, 0.6) is 0 Å². The second-order valence-corrected chi connectivity index (χ2v) is 4.98. The van der Waals surface area contributed by atoms with Crippen LogP contribution in [0.2, 0.25) is 10.0 Å². The van der Waals surface area contributed by atoms with E-state index in [-0.39, 0.29) is 5.57 Å². The van der Waals surface area contributed by atoms with Crippen molar-refractivity contribution in [3.8, 4) is 6.07 Å². The van der Waals surface area contributed by atoms with Crippen LogP contribution in [0.25, 0.3) is 6.08 Å². The largest absolute Gasteiger partial charge is 0.321 e. The molecule has 5 heteroatoms. The number of hydrogen-bond donors (Lipinski definition) is 1. The van der Waals surface area contributed by atoms with Gasteiger partial charge in [0, 0.05) is 5.69 Å². The molecule has 0 bridgehead atoms. The molecule has 2 aromatic carbocycles. The summed E-state index contributed by atoms with van der Waals surface area (Å²) in [5.41, 5.74) is 1.26. The van der Waals surface area contributed by atoms with E-state index in [2.05, 4.69) is 5.32 Å². The van der Waals surface area contributed by atoms with Crippen molar-refractivity contribution in [1.29, 1.82) is 5.26 Å². The molecule has 0 aliphatic heterocycles. The van der Waals surface area contributed by atoms with E-state index in [9.17, 15) is 4.79 Å². The number of nitriles is 1. The number of hydrogen-bond acceptors (Lipinski definition) is 2. The van der Waals surface area contributed by atoms with Gasteiger partial charge in [-0.3, -0.25) is 4.79 Å². The van der Waals surface area contributed by atoms with Crippen LogP contribution in [0, 0.1) is 11.3 Å². The maximum Gasteiger partial charge on any atom is 0.266 e. The minimum Gasteiger partial charge on any atom is -0.321 e. The molecule has 2 rings (SSSR count). The number of nitrogens with zero attached hydrogens (tertiary/aromatic N) is 1. The van der Waals surface area contributed by atoms with Crippen LogP contribution < -0.4 is 5.32 Å². The van der Waals surface area contributed by atoms with E-state index in [1.165, 1.54) is 12.1 Å². The molecule has 21 heavy (non-hydrogen) atoms. The first-order valence-corrected chi connectivity index (χ1v) is 6.79. The van der Waals surface area contributed by atoms with Gasteiger partial charge in [-0.05, 0) is 29.8 Å². The Hall–Kier alpha value is -2.28. The van der Waals surface area contributed by atoms with Crippen molar-refractivity contribution in [3.63, 3.8) is 0 Å². The quantitative estimate of drug-likeness (QED) is 0.667. The standard InChI is InChI=1S/C16H10Cl2N2O/c17-14-7-6-13(9-15(14)18)20-16(21)12(10-19)8-11-4-2-1-3-5-11/h1-9H,(H,20,21)/b12-8+. The normalized spacial score (nSPS) is 10.8. The van der Waals surface area contributed by atoms with Crippen molar-refractivity contribution < 1.29 is 4.79 Å². The fraction of sp³-hybridized carbons (Fsp3) is 0. The lowest BCUT2D eigenvalue weighted by Gasteiger charge is -2.05. The molecular formula is C16H10Cl2N2O. The molecule has 0 fully saturated rings. The Bertz CT molecular complexity index is 734. The molecule has 0 aromatic heterocycles. The van der Waals surface area contributed by atoms with E-state index in [0.29, 0.717) is 15.7 Å². The average Bonchev–Trinajstić information content (AvgIpc) is 2.49. The highest BCUT2D eigenvalue weighted by Crippen LogP contribution is 2.25. The first kappa shape index (κ1) is 15.1. The molecule has 0 aliphatic carbocycles. The second-order valence-electron chi connectivity index (χ2n) is 4.16. The number of halogens is 2. The molecule has 1 amide bonds. The van der Waals surface area contributed by atoms with Crippen molar-refractivity contribution in [2.24, 2.45) is 0 Å². The summed E-state index contributed by atoms with van der Waals surface area (Å²) >= 11 is 11.7. The van der Waals surface area contributed by atoms with Gasteiger partial charge >= 0.3 is 0 Å². The van der Waals surface area contributed by atoms with Crippen molar-refractivity contribution in [2.75, 3.05) is 5.32 Å². The third-order valence-electron chi connectivity index (χ3n) is 2.65. The van der Waals surface area contributed by atoms with Crippen LogP contribution in [0.4, 0.5) is 5.69 Å². The molecule has 0 heterocycles. The van der Waals surface area contributed by atoms with Crippen LogP contribution in [-0.2, 0) is 4.79 Å². The van der Waals surface area contributed by atoms with E-state index < -0.39 is 5.91 Å². The number of rotatable bonds is 3. The van der Waals surface area contributed by atoms with Gasteiger partial charge in [-0.2, -0.15) is 5.26 Å². The first-order chi connectivity index (χ1) is 10.1. The second kappa shape index (κ2) is 6.94. The van der Waals surface area contributed by atoms with Crippen LogP contribution in [-0.4, -0.2) is 5.91 Å². The highest BCUT2D eigenvalue weighted by atomic mass is 35.5. The van der Waals surface area contributed by atoms with Crippen LogP contribution in [0.3, 0.4) is 0 Å². The fourth-order valence-corrected chi connectivity index (χ4v) is 1.93. The SMILES string of the molecule is N#C/C(=C\c1ccccc1)C(=O)Nc1ccc(Cl)c(Cl)c1. The first-order valence-electron chi connectivity index (χ1n) is 6.03. The van der Waals surface area contributed by atoms with E-state index >= 15 is 0 Å². The zero-order chi connectivity index (χ0) is 15.2. The Morgan fingerprint density at radius 1 is 1.10 bits per heavy atom. The summed E-state index contributed by atoms with van der Waals surface area (Å²) in [6, 6.07) is 15.7. The highest BCUT2D eigenvalue weighted by molar-refractivity contribution is 6.42. The summed E-state index contributed by atoms with van der Waals surface area (Å²) in [5, 5.41) is 12.4. The predicted molar refractivity (Wildman–Crippen MR) is 85.1 cm³/mol. The van der Waals surface area contributed by atoms with Gasteiger partial charge in [-0.25, -0.2) is 0 Å². The zero-order valence-corrected chi connectivity index (χ0v) is 12.3. The van der Waals surface area contributed by atoms with Gasteiger partial charge in [0.2, 0.25) is 0 Å². The van der Waals surface area contributed by atoms with Gasteiger partial charge in [0.05, 0.1) is 10.0 Å². The minimum atomic E-state index is -0.500. The smallest absolute Gasteiger partial charge is 0.266 e. The van der Waals surface area contributed by atoms with Crippen LogP contribution >= 0.6 is 23.2 Å². The predicted octanol–water partition coefficient (Wildman–Crippen LogP) is 4.54. The molecule has 0 radical (unpaired) electrons. The molecule has 0 spiro atoms. The molecule has 104 valence electrons. The summed E-state index contributed by atoms with van der Waals surface area (Å²) in [7, 11) is 0. The Labute approximate surface area is 132 Å². The van der Waals surface area contributed by atoms with E-state index in [4.69, 9.17) is 28.5 Å². The minimum absolute atomic E-state index is 0.00673. The topological polar surface area (TPSA) is 52.9 Å². The Morgan fingerprint density at radius 3 is 2.43 bits per heavy atom. The van der Waals surface area contributed by atoms with Gasteiger partial charge < -0.3 is 5.32 Å². The third kappa shape index (κ3) is 4.09. The lowest BCUT2D eigenvalue weighted by atomic mass is 10.1. The summed E-state index contributed by atoms with van der Waals surface area (Å²) in [5.74, 6) is -0.500. The van der Waals surface area contributed by atoms with Gasteiger partial charge in [0.1, 0.15) is 11.6 Å². The number of amides is 1. The van der Waals surface area contributed by atoms with Gasteiger partial charge in [0.15, 0.2) is 0 Å². The number of anilines is 1. The van der Waals surface area contributed by atoms with Gasteiger partial charge in [-0.15, -0.1) is 0 Å². The average molecular weight is 317 g/mol. The molecule has 0 saturated heterocycles. The summed E-state index contributed by atoms with van der Waals surface area (Å²) in [6.07, 6.45) is 1.52. The molecule has 0 saturated carbocycles. The van der Waals surface area contributed by atoms with E-state index in [1.807, 2.05) is 36.4 Å². The maximum absolute atomic E-state index is 12.1. The number of carbonyl (C=O) groups is 1. The fourth-order valence-electron chi connectivity index (χ4n) is 1.64. The summed E-state index contributed by atoms with van der Waals surface area (Å²) in [6.45, 7) is 0. The van der Waals surface area contributed by atoms with Crippen LogP contribution in [0.15, 0.2) is 54.1 Å². The van der Waals surface area contributed by atoms with Crippen LogP contribution in [0.1, 0.15) is 5.56 Å². The Kier molecular flexibility index (Phi) is 4.99. The zero-order valence-electron chi connectivity index (χ0n) is 10.8. The molecule has 0 unspecified atom stereocenters. The van der Waals surface area contributed by atoms with Crippen molar-refractivity contribution in [2.45, 2.75) is 0 Å². The molecule has 3 nitrogen and oxygen atoms in total. The highest BCUT2D eigenvalue weighted by Gasteiger charge is 2.10. The summed E-state index contributed by atoms with van der Waals surface area (Å²) in [4.78, 5) is 12.1. The number of nitrogens with one attached hydrogen (secondary N) is 1. The number of carbonyl (C=O) groups excluding carboxylic acids is 1. The molecule has 1 N–H and O–H groups in total. The molecule has 0 atom stereocenters. The lowest BCUT2D eigenvalue weighted by molar-refractivity contribution is -0.112. The maximum atomic E-state index is 12.1. The molecule has 2 aromatic rings. The Morgan fingerprint density at radius 2 is 1.81 bits per heavy atom. The van der Waals surface area contributed by atoms with E-state index in [1.54, 1.807) is 12.1 Å². The molecule has 0 aliphatic rings. The van der Waals surface area contributed by atoms with E-state index in [0.717, 1.165) is 5.56 Å². The van der Waals surface area contributed by atoms with Crippen molar-refractivity contribution in [3.05, 3.63) is 69.7 Å². The summed E-state index contributed by atoms with van der Waals surface area (Å²) < 4.78 is 0. The van der Waals surface area contributed by atoms with Crippen molar-refractivity contribution in [1.82, 2.24) is 0 Å². The van der Waals surface area contributed by atoms with Gasteiger partial charge in [0.25, 0.3) is 5.91 Å².